The number of esters is 1. The molecule has 1 fully saturated rings. The maximum Gasteiger partial charge on any atom is 0.357 e. The molecule has 2 bridgehead atoms. The van der Waals surface area contributed by atoms with Crippen molar-refractivity contribution in [2.75, 3.05) is 11.9 Å². The van der Waals surface area contributed by atoms with Gasteiger partial charge in [-0.1, -0.05) is 6.07 Å². The van der Waals surface area contributed by atoms with Crippen LogP contribution in [0.15, 0.2) is 30.5 Å². The van der Waals surface area contributed by atoms with Crippen molar-refractivity contribution in [1.82, 2.24) is 4.98 Å². The molecule has 3 aliphatic rings. The van der Waals surface area contributed by atoms with E-state index in [9.17, 15) is 9.18 Å². The summed E-state index contributed by atoms with van der Waals surface area (Å²) in [6.07, 6.45) is 6.13. The van der Waals surface area contributed by atoms with Crippen LogP contribution in [-0.2, 0) is 4.74 Å². The van der Waals surface area contributed by atoms with Gasteiger partial charge in [-0.3, -0.25) is 0 Å². The Hall–Kier alpha value is -2.43. The minimum atomic E-state index is -0.344. The number of benzene rings is 1. The lowest BCUT2D eigenvalue weighted by molar-refractivity contribution is 0.0516. The van der Waals surface area contributed by atoms with Crippen molar-refractivity contribution in [2.45, 2.75) is 44.4 Å². The quantitative estimate of drug-likeness (QED) is 0.805. The van der Waals surface area contributed by atoms with Gasteiger partial charge in [0.25, 0.3) is 0 Å². The zero-order chi connectivity index (χ0) is 17.4. The monoisotopic (exact) mass is 340 g/mol. The van der Waals surface area contributed by atoms with Crippen molar-refractivity contribution < 1.29 is 13.9 Å². The lowest BCUT2D eigenvalue weighted by Crippen LogP contribution is -2.27. The topological polar surface area (TPSA) is 51.2 Å². The fourth-order valence-corrected chi connectivity index (χ4v) is 4.25. The van der Waals surface area contributed by atoms with Gasteiger partial charge in [0.2, 0.25) is 0 Å². The van der Waals surface area contributed by atoms with E-state index in [4.69, 9.17) is 4.74 Å². The Morgan fingerprint density at radius 1 is 1.24 bits per heavy atom. The van der Waals surface area contributed by atoms with Gasteiger partial charge in [-0.05, 0) is 73.8 Å². The summed E-state index contributed by atoms with van der Waals surface area (Å²) in [6, 6.07) is 6.39. The van der Waals surface area contributed by atoms with Crippen molar-refractivity contribution >= 4 is 17.3 Å². The van der Waals surface area contributed by atoms with E-state index >= 15 is 0 Å². The molecule has 0 aliphatic heterocycles. The van der Waals surface area contributed by atoms with E-state index in [-0.39, 0.29) is 11.8 Å². The van der Waals surface area contributed by atoms with E-state index in [0.717, 1.165) is 36.9 Å². The third-order valence-corrected chi connectivity index (χ3v) is 5.27. The third-order valence-electron chi connectivity index (χ3n) is 5.27. The van der Waals surface area contributed by atoms with Gasteiger partial charge < -0.3 is 10.1 Å². The van der Waals surface area contributed by atoms with Gasteiger partial charge in [-0.25, -0.2) is 14.2 Å². The van der Waals surface area contributed by atoms with Crippen LogP contribution in [0.3, 0.4) is 0 Å². The minimum Gasteiger partial charge on any atom is -0.461 e. The second-order valence-corrected chi connectivity index (χ2v) is 6.75. The molecule has 0 amide bonds. The summed E-state index contributed by atoms with van der Waals surface area (Å²) in [6.45, 7) is 2.14. The van der Waals surface area contributed by atoms with Crippen molar-refractivity contribution in [3.63, 3.8) is 0 Å². The number of carbonyl (C=O) groups is 1. The van der Waals surface area contributed by atoms with Crippen LogP contribution in [0.25, 0.3) is 0 Å². The van der Waals surface area contributed by atoms with Crippen molar-refractivity contribution in [1.29, 1.82) is 0 Å². The highest BCUT2D eigenvalue weighted by Gasteiger charge is 2.38. The molecular formula is C20H21FN2O2. The van der Waals surface area contributed by atoms with Crippen molar-refractivity contribution in [3.05, 3.63) is 53.1 Å². The number of pyridine rings is 1. The molecule has 0 saturated heterocycles. The van der Waals surface area contributed by atoms with Crippen molar-refractivity contribution in [2.24, 2.45) is 0 Å². The van der Waals surface area contributed by atoms with E-state index in [1.165, 1.54) is 17.7 Å². The Morgan fingerprint density at radius 3 is 2.64 bits per heavy atom. The second-order valence-electron chi connectivity index (χ2n) is 6.75. The number of rotatable bonds is 4. The van der Waals surface area contributed by atoms with E-state index in [2.05, 4.69) is 10.3 Å². The molecule has 0 unspecified atom stereocenters. The Kier molecular flexibility index (Phi) is 4.15. The first-order valence-electron chi connectivity index (χ1n) is 8.90. The molecule has 130 valence electrons. The van der Waals surface area contributed by atoms with E-state index < -0.39 is 0 Å². The molecule has 1 aromatic heterocycles. The van der Waals surface area contributed by atoms with Crippen LogP contribution < -0.4 is 5.32 Å². The van der Waals surface area contributed by atoms with Crippen LogP contribution >= 0.6 is 0 Å². The summed E-state index contributed by atoms with van der Waals surface area (Å²) in [5, 5.41) is 3.30. The number of hydrogen-bond donors (Lipinski definition) is 1. The molecule has 0 atom stereocenters. The first-order valence-corrected chi connectivity index (χ1v) is 8.90. The first kappa shape index (κ1) is 16.1. The predicted octanol–water partition coefficient (Wildman–Crippen LogP) is 4.90. The maximum atomic E-state index is 13.5. The average Bonchev–Trinajstić information content (AvgIpc) is 2.63. The van der Waals surface area contributed by atoms with Crippen LogP contribution in [0.4, 0.5) is 15.8 Å². The summed E-state index contributed by atoms with van der Waals surface area (Å²) in [4.78, 5) is 16.8. The highest BCUT2D eigenvalue weighted by atomic mass is 19.1. The molecule has 25 heavy (non-hydrogen) atoms. The largest absolute Gasteiger partial charge is 0.461 e. The molecule has 1 saturated carbocycles. The Labute approximate surface area is 146 Å². The van der Waals surface area contributed by atoms with Gasteiger partial charge in [0, 0.05) is 5.69 Å². The maximum absolute atomic E-state index is 13.5. The molecule has 3 aliphatic carbocycles. The number of hydrogen-bond acceptors (Lipinski definition) is 4. The van der Waals surface area contributed by atoms with Crippen LogP contribution in [0.5, 0.6) is 0 Å². The SMILES string of the molecule is CCOC(=O)c1ncc(Nc2cccc(F)c2)c2c1C1CCC2CC1. The Balaban J connectivity index is 1.79. The number of fused-ring (bicyclic) bond motifs is 2. The minimum absolute atomic E-state index is 0.281. The lowest BCUT2D eigenvalue weighted by atomic mass is 9.66. The molecule has 0 radical (unpaired) electrons. The van der Waals surface area contributed by atoms with Gasteiger partial charge >= 0.3 is 5.97 Å². The summed E-state index contributed by atoms with van der Waals surface area (Å²) >= 11 is 0. The van der Waals surface area contributed by atoms with Crippen molar-refractivity contribution in [3.8, 4) is 0 Å². The number of aromatic nitrogens is 1. The molecule has 5 rings (SSSR count). The van der Waals surface area contributed by atoms with Gasteiger partial charge in [-0.2, -0.15) is 0 Å². The van der Waals surface area contributed by atoms with E-state index in [1.54, 1.807) is 19.2 Å². The fraction of sp³-hybridized carbons (Fsp3) is 0.400. The number of halogens is 1. The molecule has 2 aromatic rings. The molecular weight excluding hydrogens is 319 g/mol. The van der Waals surface area contributed by atoms with Gasteiger partial charge in [-0.15, -0.1) is 0 Å². The smallest absolute Gasteiger partial charge is 0.357 e. The summed E-state index contributed by atoms with van der Waals surface area (Å²) in [5.74, 6) is 0.161. The van der Waals surface area contributed by atoms with E-state index in [1.807, 2.05) is 6.07 Å². The van der Waals surface area contributed by atoms with Gasteiger partial charge in [0.1, 0.15) is 5.82 Å². The molecule has 5 heteroatoms. The molecule has 1 N–H and O–H groups in total. The van der Waals surface area contributed by atoms with Gasteiger partial charge in [0.05, 0.1) is 18.5 Å². The molecule has 0 spiro atoms. The number of ether oxygens (including phenoxy) is 1. The zero-order valence-electron chi connectivity index (χ0n) is 14.2. The number of nitrogens with zero attached hydrogens (tertiary/aromatic N) is 1. The van der Waals surface area contributed by atoms with E-state index in [0.29, 0.717) is 29.8 Å². The molecule has 4 nitrogen and oxygen atoms in total. The first-order chi connectivity index (χ1) is 12.2. The number of nitrogens with one attached hydrogen (secondary N) is 1. The summed E-state index contributed by atoms with van der Waals surface area (Å²) in [5.41, 5.74) is 4.24. The lowest BCUT2D eigenvalue weighted by Gasteiger charge is -2.40. The Morgan fingerprint density at radius 2 is 1.96 bits per heavy atom. The third kappa shape index (κ3) is 2.88. The average molecular weight is 340 g/mol. The molecule has 1 aromatic carbocycles. The van der Waals surface area contributed by atoms with Gasteiger partial charge in [0.15, 0.2) is 5.69 Å². The highest BCUT2D eigenvalue weighted by Crippen LogP contribution is 2.52. The van der Waals surface area contributed by atoms with Crippen LogP contribution in [0, 0.1) is 5.82 Å². The second kappa shape index (κ2) is 6.47. The normalized spacial score (nSPS) is 20.9. The zero-order valence-corrected chi connectivity index (χ0v) is 14.2. The number of carbonyl (C=O) groups excluding carboxylic acids is 1. The standard InChI is InChI=1S/C20H21FN2O2/c1-2-25-20(24)19-18-13-8-6-12(7-9-13)17(18)16(11-22-19)23-15-5-3-4-14(21)10-15/h3-5,10-13,23H,2,6-9H2,1H3. The summed E-state index contributed by atoms with van der Waals surface area (Å²) in [7, 11) is 0. The molecule has 1 heterocycles. The van der Waals surface area contributed by atoms with Crippen LogP contribution in [-0.4, -0.2) is 17.6 Å². The highest BCUT2D eigenvalue weighted by molar-refractivity contribution is 5.91. The van der Waals surface area contributed by atoms with Crippen LogP contribution in [0.1, 0.15) is 66.1 Å². The van der Waals surface area contributed by atoms with Crippen LogP contribution in [0.2, 0.25) is 0 Å². The predicted molar refractivity (Wildman–Crippen MR) is 93.8 cm³/mol. The number of anilines is 2. The summed E-state index contributed by atoms with van der Waals surface area (Å²) < 4.78 is 18.7. The fourth-order valence-electron chi connectivity index (χ4n) is 4.25. The Bertz CT molecular complexity index is 813.